The summed E-state index contributed by atoms with van der Waals surface area (Å²) in [6, 6.07) is 7.58. The van der Waals surface area contributed by atoms with Gasteiger partial charge in [-0.25, -0.2) is 4.98 Å². The highest BCUT2D eigenvalue weighted by Crippen LogP contribution is 2.33. The summed E-state index contributed by atoms with van der Waals surface area (Å²) in [6.45, 7) is 3.33. The molecule has 3 rings (SSSR count). The van der Waals surface area contributed by atoms with Crippen molar-refractivity contribution in [1.29, 1.82) is 0 Å². The van der Waals surface area contributed by atoms with E-state index in [1.807, 2.05) is 42.2 Å². The topological polar surface area (TPSA) is 33.2 Å². The first-order valence-corrected chi connectivity index (χ1v) is 8.03. The standard InChI is InChI=1S/C16H15ClN2OS/c1-11-14(16(20)19-9-5-2-6-10-19)21-15(18-11)12-7-3-4-8-13(12)17/h2-5,7-8H,6,9-10H2,1H3. The quantitative estimate of drug-likeness (QED) is 0.778. The average Bonchev–Trinajstić information content (AvgIpc) is 2.89. The van der Waals surface area contributed by atoms with Crippen LogP contribution in [0.15, 0.2) is 36.4 Å². The smallest absolute Gasteiger partial charge is 0.266 e. The summed E-state index contributed by atoms with van der Waals surface area (Å²) in [4.78, 5) is 19.7. The van der Waals surface area contributed by atoms with Crippen molar-refractivity contribution in [3.05, 3.63) is 52.0 Å². The number of amides is 1. The molecule has 0 bridgehead atoms. The third-order valence-corrected chi connectivity index (χ3v) is 4.95. The number of aryl methyl sites for hydroxylation is 1. The Morgan fingerprint density at radius 2 is 2.14 bits per heavy atom. The van der Waals surface area contributed by atoms with Crippen molar-refractivity contribution in [2.45, 2.75) is 13.3 Å². The molecule has 1 amide bonds. The molecule has 0 N–H and O–H groups in total. The van der Waals surface area contributed by atoms with Crippen molar-refractivity contribution in [3.8, 4) is 10.6 Å². The highest BCUT2D eigenvalue weighted by atomic mass is 35.5. The molecule has 0 radical (unpaired) electrons. The molecule has 0 atom stereocenters. The Labute approximate surface area is 132 Å². The lowest BCUT2D eigenvalue weighted by molar-refractivity contribution is 0.0775. The molecule has 2 aromatic rings. The second-order valence-corrected chi connectivity index (χ2v) is 6.33. The number of halogens is 1. The van der Waals surface area contributed by atoms with Crippen LogP contribution in [0.25, 0.3) is 10.6 Å². The van der Waals surface area contributed by atoms with E-state index in [2.05, 4.69) is 11.1 Å². The fourth-order valence-corrected chi connectivity index (χ4v) is 3.67. The summed E-state index contributed by atoms with van der Waals surface area (Å²) in [7, 11) is 0. The van der Waals surface area contributed by atoms with Gasteiger partial charge >= 0.3 is 0 Å². The molecule has 1 aromatic heterocycles. The molecule has 1 aromatic carbocycles. The van der Waals surface area contributed by atoms with E-state index in [4.69, 9.17) is 11.6 Å². The summed E-state index contributed by atoms with van der Waals surface area (Å²) >= 11 is 7.63. The number of hydrogen-bond donors (Lipinski definition) is 0. The van der Waals surface area contributed by atoms with Gasteiger partial charge in [-0.1, -0.05) is 42.0 Å². The van der Waals surface area contributed by atoms with Crippen LogP contribution in [0, 0.1) is 6.92 Å². The first-order chi connectivity index (χ1) is 10.2. The second kappa shape index (κ2) is 6.00. The van der Waals surface area contributed by atoms with Gasteiger partial charge in [0.05, 0.1) is 10.7 Å². The summed E-state index contributed by atoms with van der Waals surface area (Å²) in [5.74, 6) is 0.0626. The van der Waals surface area contributed by atoms with Gasteiger partial charge in [0.25, 0.3) is 5.91 Å². The monoisotopic (exact) mass is 318 g/mol. The SMILES string of the molecule is Cc1nc(-c2ccccc2Cl)sc1C(=O)N1CC=CCC1. The molecular formula is C16H15ClN2OS. The van der Waals surface area contributed by atoms with Crippen LogP contribution in [0.3, 0.4) is 0 Å². The van der Waals surface area contributed by atoms with Gasteiger partial charge < -0.3 is 4.90 Å². The van der Waals surface area contributed by atoms with Gasteiger partial charge in [-0.05, 0) is 19.4 Å². The first kappa shape index (κ1) is 14.3. The largest absolute Gasteiger partial charge is 0.334 e. The summed E-state index contributed by atoms with van der Waals surface area (Å²) in [5.41, 5.74) is 1.65. The molecule has 1 aliphatic heterocycles. The maximum Gasteiger partial charge on any atom is 0.266 e. The van der Waals surface area contributed by atoms with Crippen LogP contribution in [0.2, 0.25) is 5.02 Å². The first-order valence-electron chi connectivity index (χ1n) is 6.83. The fraction of sp³-hybridized carbons (Fsp3) is 0.250. The van der Waals surface area contributed by atoms with Crippen molar-refractivity contribution < 1.29 is 4.79 Å². The third-order valence-electron chi connectivity index (χ3n) is 3.44. The van der Waals surface area contributed by atoms with Crippen molar-refractivity contribution >= 4 is 28.8 Å². The molecule has 21 heavy (non-hydrogen) atoms. The van der Waals surface area contributed by atoms with Crippen molar-refractivity contribution in [3.63, 3.8) is 0 Å². The lowest BCUT2D eigenvalue weighted by Gasteiger charge is -2.22. The van der Waals surface area contributed by atoms with Crippen LogP contribution < -0.4 is 0 Å². The Morgan fingerprint density at radius 1 is 1.33 bits per heavy atom. The van der Waals surface area contributed by atoms with Gasteiger partial charge in [0, 0.05) is 18.7 Å². The minimum atomic E-state index is 0.0626. The maximum atomic E-state index is 12.6. The predicted octanol–water partition coefficient (Wildman–Crippen LogP) is 4.17. The number of aromatic nitrogens is 1. The summed E-state index contributed by atoms with van der Waals surface area (Å²) in [5, 5.41) is 1.46. The van der Waals surface area contributed by atoms with Crippen LogP contribution in [0.4, 0.5) is 0 Å². The van der Waals surface area contributed by atoms with Gasteiger partial charge in [-0.15, -0.1) is 11.3 Å². The number of thiazole rings is 1. The second-order valence-electron chi connectivity index (χ2n) is 4.92. The van der Waals surface area contributed by atoms with Gasteiger partial charge in [0.1, 0.15) is 9.88 Å². The molecule has 1 aliphatic rings. The van der Waals surface area contributed by atoms with E-state index in [1.165, 1.54) is 11.3 Å². The molecular weight excluding hydrogens is 304 g/mol. The number of benzene rings is 1. The Balaban J connectivity index is 1.93. The van der Waals surface area contributed by atoms with Crippen molar-refractivity contribution in [1.82, 2.24) is 9.88 Å². The normalized spacial score (nSPS) is 14.5. The Bertz CT molecular complexity index is 708. The molecule has 3 nitrogen and oxygen atoms in total. The zero-order chi connectivity index (χ0) is 14.8. The Kier molecular flexibility index (Phi) is 4.08. The molecule has 0 aliphatic carbocycles. The average molecular weight is 319 g/mol. The van der Waals surface area contributed by atoms with E-state index >= 15 is 0 Å². The van der Waals surface area contributed by atoms with E-state index in [9.17, 15) is 4.79 Å². The molecule has 0 unspecified atom stereocenters. The third kappa shape index (κ3) is 2.87. The van der Waals surface area contributed by atoms with Crippen molar-refractivity contribution in [2.24, 2.45) is 0 Å². The van der Waals surface area contributed by atoms with E-state index in [0.717, 1.165) is 29.2 Å². The zero-order valence-electron chi connectivity index (χ0n) is 11.7. The lowest BCUT2D eigenvalue weighted by Crippen LogP contribution is -2.33. The van der Waals surface area contributed by atoms with Gasteiger partial charge in [-0.3, -0.25) is 4.79 Å². The van der Waals surface area contributed by atoms with E-state index in [0.29, 0.717) is 16.4 Å². The van der Waals surface area contributed by atoms with Gasteiger partial charge in [-0.2, -0.15) is 0 Å². The fourth-order valence-electron chi connectivity index (χ4n) is 2.31. The predicted molar refractivity (Wildman–Crippen MR) is 87.0 cm³/mol. The lowest BCUT2D eigenvalue weighted by atomic mass is 10.2. The maximum absolute atomic E-state index is 12.6. The molecule has 0 saturated carbocycles. The number of hydrogen-bond acceptors (Lipinski definition) is 3. The van der Waals surface area contributed by atoms with Crippen LogP contribution in [-0.4, -0.2) is 28.9 Å². The van der Waals surface area contributed by atoms with Crippen LogP contribution in [-0.2, 0) is 0 Å². The Hall–Kier alpha value is -1.65. The molecule has 108 valence electrons. The summed E-state index contributed by atoms with van der Waals surface area (Å²) < 4.78 is 0. The van der Waals surface area contributed by atoms with Gasteiger partial charge in [0.15, 0.2) is 0 Å². The molecule has 0 fully saturated rings. The van der Waals surface area contributed by atoms with E-state index < -0.39 is 0 Å². The highest BCUT2D eigenvalue weighted by Gasteiger charge is 2.22. The summed E-state index contributed by atoms with van der Waals surface area (Å²) in [6.07, 6.45) is 5.06. The molecule has 5 heteroatoms. The van der Waals surface area contributed by atoms with E-state index in [-0.39, 0.29) is 5.91 Å². The number of nitrogens with zero attached hydrogens (tertiary/aromatic N) is 2. The van der Waals surface area contributed by atoms with E-state index in [1.54, 1.807) is 0 Å². The Morgan fingerprint density at radius 3 is 2.86 bits per heavy atom. The number of carbonyl (C=O) groups excluding carboxylic acids is 1. The van der Waals surface area contributed by atoms with Crippen LogP contribution in [0.1, 0.15) is 21.8 Å². The number of rotatable bonds is 2. The van der Waals surface area contributed by atoms with Gasteiger partial charge in [0.2, 0.25) is 0 Å². The minimum Gasteiger partial charge on any atom is -0.334 e. The minimum absolute atomic E-state index is 0.0626. The molecule has 0 spiro atoms. The number of carbonyl (C=O) groups is 1. The van der Waals surface area contributed by atoms with Crippen LogP contribution in [0.5, 0.6) is 0 Å². The van der Waals surface area contributed by atoms with Crippen molar-refractivity contribution in [2.75, 3.05) is 13.1 Å². The molecule has 0 saturated heterocycles. The van der Waals surface area contributed by atoms with Crippen LogP contribution >= 0.6 is 22.9 Å². The molecule has 2 heterocycles. The zero-order valence-corrected chi connectivity index (χ0v) is 13.2. The highest BCUT2D eigenvalue weighted by molar-refractivity contribution is 7.17.